The second-order valence-corrected chi connectivity index (χ2v) is 7.83. The Kier molecular flexibility index (Phi) is 5.75. The van der Waals surface area contributed by atoms with E-state index in [-0.39, 0.29) is 12.6 Å². The molecule has 1 N–H and O–H groups in total. The van der Waals surface area contributed by atoms with Crippen LogP contribution in [0.5, 0.6) is 11.5 Å². The van der Waals surface area contributed by atoms with E-state index >= 15 is 0 Å². The van der Waals surface area contributed by atoms with Crippen molar-refractivity contribution >= 4 is 11.6 Å². The molecule has 4 aromatic rings. The maximum Gasteiger partial charge on any atom is 0.231 e. The number of fused-ring (bicyclic) bond motifs is 1. The number of nitrogens with zero attached hydrogens (tertiary/aromatic N) is 3. The van der Waals surface area contributed by atoms with Crippen molar-refractivity contribution in [1.29, 1.82) is 0 Å². The Balaban J connectivity index is 1.35. The van der Waals surface area contributed by atoms with Gasteiger partial charge in [-0.25, -0.2) is 4.39 Å². The third-order valence-electron chi connectivity index (χ3n) is 5.16. The standard InChI is InChI=1S/C24H20ClFN4O2/c25-20-11-19(26)8-7-18(20)14-30-28-21(24(29-30)17-4-2-1-3-5-17)13-27-12-16-6-9-22-23(10-16)32-15-31-22/h1-11,27H,12-15H2. The first-order valence-corrected chi connectivity index (χ1v) is 10.6. The van der Waals surface area contributed by atoms with Crippen LogP contribution < -0.4 is 14.8 Å². The quantitative estimate of drug-likeness (QED) is 0.438. The average Bonchev–Trinajstić information content (AvgIpc) is 3.43. The van der Waals surface area contributed by atoms with Gasteiger partial charge in [-0.3, -0.25) is 0 Å². The number of rotatable bonds is 7. The van der Waals surface area contributed by atoms with Gasteiger partial charge in [0.2, 0.25) is 6.79 Å². The number of hydrogen-bond donors (Lipinski definition) is 1. The normalized spacial score (nSPS) is 12.3. The molecule has 0 aliphatic carbocycles. The molecule has 5 rings (SSSR count). The van der Waals surface area contributed by atoms with Gasteiger partial charge in [0.05, 0.1) is 6.54 Å². The smallest absolute Gasteiger partial charge is 0.231 e. The van der Waals surface area contributed by atoms with Crippen molar-refractivity contribution in [3.63, 3.8) is 0 Å². The van der Waals surface area contributed by atoms with E-state index < -0.39 is 0 Å². The van der Waals surface area contributed by atoms with Gasteiger partial charge in [-0.1, -0.05) is 54.1 Å². The molecule has 0 amide bonds. The third kappa shape index (κ3) is 4.44. The van der Waals surface area contributed by atoms with Crippen LogP contribution in [-0.4, -0.2) is 21.8 Å². The van der Waals surface area contributed by atoms with E-state index in [0.29, 0.717) is 24.7 Å². The number of aromatic nitrogens is 3. The largest absolute Gasteiger partial charge is 0.454 e. The van der Waals surface area contributed by atoms with Crippen LogP contribution in [0.2, 0.25) is 5.02 Å². The molecule has 0 atom stereocenters. The second kappa shape index (κ2) is 8.98. The van der Waals surface area contributed by atoms with E-state index in [2.05, 4.69) is 15.5 Å². The molecular weight excluding hydrogens is 431 g/mol. The van der Waals surface area contributed by atoms with Crippen LogP contribution in [0.1, 0.15) is 16.8 Å². The Morgan fingerprint density at radius 2 is 1.78 bits per heavy atom. The van der Waals surface area contributed by atoms with E-state index in [1.807, 2.05) is 48.5 Å². The Bertz CT molecular complexity index is 1250. The van der Waals surface area contributed by atoms with Crippen LogP contribution in [0, 0.1) is 5.82 Å². The van der Waals surface area contributed by atoms with Gasteiger partial charge in [0, 0.05) is 23.7 Å². The molecule has 0 saturated heterocycles. The Hall–Kier alpha value is -3.42. The van der Waals surface area contributed by atoms with Crippen LogP contribution in [0.25, 0.3) is 11.3 Å². The van der Waals surface area contributed by atoms with Gasteiger partial charge >= 0.3 is 0 Å². The lowest BCUT2D eigenvalue weighted by molar-refractivity contribution is 0.174. The lowest BCUT2D eigenvalue weighted by Gasteiger charge is -2.06. The van der Waals surface area contributed by atoms with Gasteiger partial charge in [0.25, 0.3) is 0 Å². The third-order valence-corrected chi connectivity index (χ3v) is 5.51. The highest BCUT2D eigenvalue weighted by Gasteiger charge is 2.16. The van der Waals surface area contributed by atoms with Crippen molar-refractivity contribution in [1.82, 2.24) is 20.3 Å². The summed E-state index contributed by atoms with van der Waals surface area (Å²) in [4.78, 5) is 1.60. The summed E-state index contributed by atoms with van der Waals surface area (Å²) in [5, 5.41) is 13.1. The van der Waals surface area contributed by atoms with Crippen molar-refractivity contribution in [3.05, 3.63) is 94.4 Å². The van der Waals surface area contributed by atoms with Gasteiger partial charge in [0.15, 0.2) is 11.5 Å². The van der Waals surface area contributed by atoms with Crippen molar-refractivity contribution in [2.75, 3.05) is 6.79 Å². The number of hydrogen-bond acceptors (Lipinski definition) is 5. The molecule has 0 fully saturated rings. The lowest BCUT2D eigenvalue weighted by atomic mass is 10.1. The highest BCUT2D eigenvalue weighted by atomic mass is 35.5. The van der Waals surface area contributed by atoms with Gasteiger partial charge in [-0.15, -0.1) is 0 Å². The van der Waals surface area contributed by atoms with Gasteiger partial charge in [-0.2, -0.15) is 15.0 Å². The maximum atomic E-state index is 13.4. The molecule has 2 heterocycles. The second-order valence-electron chi connectivity index (χ2n) is 7.42. The number of ether oxygens (including phenoxy) is 2. The summed E-state index contributed by atoms with van der Waals surface area (Å²) in [6.07, 6.45) is 0. The predicted molar refractivity (Wildman–Crippen MR) is 119 cm³/mol. The van der Waals surface area contributed by atoms with Crippen molar-refractivity contribution in [3.8, 4) is 22.8 Å². The van der Waals surface area contributed by atoms with E-state index in [4.69, 9.17) is 21.1 Å². The van der Waals surface area contributed by atoms with E-state index in [9.17, 15) is 4.39 Å². The average molecular weight is 451 g/mol. The zero-order chi connectivity index (χ0) is 21.9. The minimum Gasteiger partial charge on any atom is -0.454 e. The van der Waals surface area contributed by atoms with Crippen LogP contribution >= 0.6 is 11.6 Å². The molecule has 0 spiro atoms. The van der Waals surface area contributed by atoms with E-state index in [1.165, 1.54) is 12.1 Å². The summed E-state index contributed by atoms with van der Waals surface area (Å²) >= 11 is 6.19. The van der Waals surface area contributed by atoms with Crippen LogP contribution in [0.3, 0.4) is 0 Å². The summed E-state index contributed by atoms with van der Waals surface area (Å²) in [5.41, 5.74) is 4.42. The van der Waals surface area contributed by atoms with Crippen molar-refractivity contribution in [2.45, 2.75) is 19.6 Å². The fourth-order valence-electron chi connectivity index (χ4n) is 3.57. The summed E-state index contributed by atoms with van der Waals surface area (Å²) < 4.78 is 24.2. The summed E-state index contributed by atoms with van der Waals surface area (Å²) in [6.45, 7) is 1.77. The van der Waals surface area contributed by atoms with E-state index in [1.54, 1.807) is 10.9 Å². The first-order chi connectivity index (χ1) is 15.7. The summed E-state index contributed by atoms with van der Waals surface area (Å²) in [6, 6.07) is 20.1. The van der Waals surface area contributed by atoms with E-state index in [0.717, 1.165) is 39.6 Å². The molecule has 6 nitrogen and oxygen atoms in total. The zero-order valence-electron chi connectivity index (χ0n) is 17.1. The Morgan fingerprint density at radius 3 is 2.62 bits per heavy atom. The molecule has 0 unspecified atom stereocenters. The molecule has 1 aliphatic heterocycles. The highest BCUT2D eigenvalue weighted by Crippen LogP contribution is 2.32. The molecule has 0 radical (unpaired) electrons. The molecule has 0 bridgehead atoms. The van der Waals surface area contributed by atoms with Crippen molar-refractivity contribution in [2.24, 2.45) is 0 Å². The molecule has 32 heavy (non-hydrogen) atoms. The van der Waals surface area contributed by atoms with Crippen LogP contribution in [0.4, 0.5) is 4.39 Å². The fourth-order valence-corrected chi connectivity index (χ4v) is 3.80. The Morgan fingerprint density at radius 1 is 0.938 bits per heavy atom. The van der Waals surface area contributed by atoms with Crippen LogP contribution in [0.15, 0.2) is 66.7 Å². The minimum absolute atomic E-state index is 0.258. The van der Waals surface area contributed by atoms with Crippen molar-refractivity contribution < 1.29 is 13.9 Å². The Labute approximate surface area is 189 Å². The molecule has 1 aromatic heterocycles. The highest BCUT2D eigenvalue weighted by molar-refractivity contribution is 6.31. The van der Waals surface area contributed by atoms with Crippen LogP contribution in [-0.2, 0) is 19.6 Å². The van der Waals surface area contributed by atoms with Gasteiger partial charge < -0.3 is 14.8 Å². The topological polar surface area (TPSA) is 61.2 Å². The molecule has 8 heteroatoms. The maximum absolute atomic E-state index is 13.4. The first kappa shape index (κ1) is 20.5. The molecular formula is C24H20ClFN4O2. The number of nitrogens with one attached hydrogen (secondary N) is 1. The molecule has 162 valence electrons. The van der Waals surface area contributed by atoms with Gasteiger partial charge in [0.1, 0.15) is 17.2 Å². The number of halogens is 2. The predicted octanol–water partition coefficient (Wildman–Crippen LogP) is 4.80. The minimum atomic E-state index is -0.370. The first-order valence-electron chi connectivity index (χ1n) is 10.2. The zero-order valence-corrected chi connectivity index (χ0v) is 17.8. The monoisotopic (exact) mass is 450 g/mol. The molecule has 0 saturated carbocycles. The number of benzene rings is 3. The lowest BCUT2D eigenvalue weighted by Crippen LogP contribution is -2.14. The molecule has 3 aromatic carbocycles. The fraction of sp³-hybridized carbons (Fsp3) is 0.167. The summed E-state index contributed by atoms with van der Waals surface area (Å²) in [7, 11) is 0. The van der Waals surface area contributed by atoms with Gasteiger partial charge in [-0.05, 0) is 35.4 Å². The SMILES string of the molecule is Fc1ccc(Cn2nc(CNCc3ccc4c(c3)OCO4)c(-c3ccccc3)n2)c(Cl)c1. The summed E-state index contributed by atoms with van der Waals surface area (Å²) in [5.74, 6) is 1.16. The molecule has 1 aliphatic rings.